The van der Waals surface area contributed by atoms with Crippen LogP contribution in [0.25, 0.3) is 0 Å². The molecule has 2 aromatic rings. The van der Waals surface area contributed by atoms with Gasteiger partial charge in [0, 0.05) is 19.2 Å². The van der Waals surface area contributed by atoms with Gasteiger partial charge in [-0.1, -0.05) is 35.3 Å². The van der Waals surface area contributed by atoms with Crippen LogP contribution in [0, 0.1) is 0 Å². The van der Waals surface area contributed by atoms with Crippen molar-refractivity contribution in [2.45, 2.75) is 12.8 Å². The largest absolute Gasteiger partial charge is 0.497 e. The average Bonchev–Trinajstić information content (AvgIpc) is 2.53. The lowest BCUT2D eigenvalue weighted by Gasteiger charge is -2.17. The molecule has 0 saturated heterocycles. The van der Waals surface area contributed by atoms with Gasteiger partial charge in [-0.05, 0) is 42.7 Å². The number of aryl methyl sites for hydroxylation is 1. The van der Waals surface area contributed by atoms with Gasteiger partial charge in [0.2, 0.25) is 0 Å². The van der Waals surface area contributed by atoms with E-state index >= 15 is 0 Å². The Bertz CT molecular complexity index is 655. The number of amides is 1. The summed E-state index contributed by atoms with van der Waals surface area (Å²) < 4.78 is 5.13. The summed E-state index contributed by atoms with van der Waals surface area (Å²) in [5, 5.41) is 0.431. The second kappa shape index (κ2) is 8.18. The number of halogens is 2. The number of pyridine rings is 1. The molecular weight excluding hydrogens is 335 g/mol. The molecule has 0 spiro atoms. The van der Waals surface area contributed by atoms with E-state index in [1.165, 1.54) is 17.7 Å². The molecule has 23 heavy (non-hydrogen) atoms. The Morgan fingerprint density at radius 3 is 2.35 bits per heavy atom. The third kappa shape index (κ3) is 5.12. The molecule has 0 N–H and O–H groups in total. The number of rotatable bonds is 6. The zero-order valence-electron chi connectivity index (χ0n) is 13.1. The highest BCUT2D eigenvalue weighted by molar-refractivity contribution is 6.33. The minimum absolute atomic E-state index is 0.120. The highest BCUT2D eigenvalue weighted by Crippen LogP contribution is 2.16. The fourth-order valence-corrected chi connectivity index (χ4v) is 2.68. The topological polar surface area (TPSA) is 42.4 Å². The number of ether oxygens (including phenoxy) is 1. The van der Waals surface area contributed by atoms with Gasteiger partial charge in [0.25, 0.3) is 5.91 Å². The quantitative estimate of drug-likeness (QED) is 0.735. The Kier molecular flexibility index (Phi) is 6.25. The van der Waals surface area contributed by atoms with E-state index in [2.05, 4.69) is 4.98 Å². The van der Waals surface area contributed by atoms with E-state index < -0.39 is 0 Å². The van der Waals surface area contributed by atoms with E-state index in [1.54, 1.807) is 19.1 Å². The number of aromatic nitrogens is 1. The van der Waals surface area contributed by atoms with Crippen molar-refractivity contribution in [3.05, 3.63) is 57.8 Å². The minimum atomic E-state index is -0.120. The summed E-state index contributed by atoms with van der Waals surface area (Å²) in [5.41, 5.74) is 1.66. The van der Waals surface area contributed by atoms with Crippen LogP contribution in [0.1, 0.15) is 22.3 Å². The van der Waals surface area contributed by atoms with Gasteiger partial charge in [-0.2, -0.15) is 0 Å². The normalized spacial score (nSPS) is 10.4. The molecule has 2 rings (SSSR count). The molecule has 1 amide bonds. The molecule has 1 aromatic heterocycles. The molecule has 122 valence electrons. The summed E-state index contributed by atoms with van der Waals surface area (Å²) in [6.07, 6.45) is 1.75. The average molecular weight is 353 g/mol. The maximum atomic E-state index is 12.3. The van der Waals surface area contributed by atoms with Gasteiger partial charge in [0.1, 0.15) is 16.1 Å². The van der Waals surface area contributed by atoms with E-state index in [0.29, 0.717) is 12.1 Å². The SMILES string of the molecule is COc1ccc(CCCN(C)C(=O)c2cc(Cl)nc(Cl)c2)cc1. The Morgan fingerprint density at radius 2 is 1.78 bits per heavy atom. The van der Waals surface area contributed by atoms with Crippen LogP contribution < -0.4 is 4.74 Å². The van der Waals surface area contributed by atoms with Gasteiger partial charge in [-0.15, -0.1) is 0 Å². The highest BCUT2D eigenvalue weighted by Gasteiger charge is 2.13. The first-order chi connectivity index (χ1) is 11.0. The van der Waals surface area contributed by atoms with Crippen LogP contribution in [0.4, 0.5) is 0 Å². The third-order valence-corrected chi connectivity index (χ3v) is 3.86. The van der Waals surface area contributed by atoms with Crippen LogP contribution >= 0.6 is 23.2 Å². The first kappa shape index (κ1) is 17.6. The molecule has 0 fully saturated rings. The van der Waals surface area contributed by atoms with E-state index in [4.69, 9.17) is 27.9 Å². The third-order valence-electron chi connectivity index (χ3n) is 3.47. The van der Waals surface area contributed by atoms with Gasteiger partial charge >= 0.3 is 0 Å². The highest BCUT2D eigenvalue weighted by atomic mass is 35.5. The van der Waals surface area contributed by atoms with Crippen LogP contribution in [0.5, 0.6) is 5.75 Å². The van der Waals surface area contributed by atoms with Gasteiger partial charge in [0.05, 0.1) is 7.11 Å². The maximum Gasteiger partial charge on any atom is 0.253 e. The van der Waals surface area contributed by atoms with Crippen molar-refractivity contribution in [3.8, 4) is 5.75 Å². The summed E-state index contributed by atoms with van der Waals surface area (Å²) in [6, 6.07) is 11.0. The molecule has 0 atom stereocenters. The molecular formula is C17H18Cl2N2O2. The maximum absolute atomic E-state index is 12.3. The molecule has 1 heterocycles. The molecule has 0 aliphatic carbocycles. The van der Waals surface area contributed by atoms with E-state index in [0.717, 1.165) is 18.6 Å². The monoisotopic (exact) mass is 352 g/mol. The Hall–Kier alpha value is -1.78. The van der Waals surface area contributed by atoms with Crippen molar-refractivity contribution in [1.82, 2.24) is 9.88 Å². The standard InChI is InChI=1S/C17H18Cl2N2O2/c1-21(17(22)13-10-15(18)20-16(19)11-13)9-3-4-12-5-7-14(23-2)8-6-12/h5-8,10-11H,3-4,9H2,1-2H3. The molecule has 0 radical (unpaired) electrons. The number of methoxy groups -OCH3 is 1. The summed E-state index contributed by atoms with van der Waals surface area (Å²) in [7, 11) is 3.41. The number of benzene rings is 1. The summed E-state index contributed by atoms with van der Waals surface area (Å²) >= 11 is 11.7. The lowest BCUT2D eigenvalue weighted by Crippen LogP contribution is -2.28. The van der Waals surface area contributed by atoms with E-state index in [9.17, 15) is 4.79 Å². The number of hydrogen-bond acceptors (Lipinski definition) is 3. The fourth-order valence-electron chi connectivity index (χ4n) is 2.22. The Labute approximate surface area is 146 Å². The van der Waals surface area contributed by atoms with Crippen LogP contribution in [-0.2, 0) is 6.42 Å². The molecule has 0 aliphatic rings. The number of nitrogens with zero attached hydrogens (tertiary/aromatic N) is 2. The van der Waals surface area contributed by atoms with Crippen molar-refractivity contribution in [3.63, 3.8) is 0 Å². The summed E-state index contributed by atoms with van der Waals surface area (Å²) in [6.45, 7) is 0.641. The summed E-state index contributed by atoms with van der Waals surface area (Å²) in [5.74, 6) is 0.721. The molecule has 0 aliphatic heterocycles. The molecule has 1 aromatic carbocycles. The molecule has 4 nitrogen and oxygen atoms in total. The molecule has 0 bridgehead atoms. The first-order valence-electron chi connectivity index (χ1n) is 7.21. The fraction of sp³-hybridized carbons (Fsp3) is 0.294. The predicted octanol–water partition coefficient (Wildman–Crippen LogP) is 4.10. The minimum Gasteiger partial charge on any atom is -0.497 e. The van der Waals surface area contributed by atoms with Crippen LogP contribution in [-0.4, -0.2) is 36.5 Å². The van der Waals surface area contributed by atoms with Gasteiger partial charge in [-0.25, -0.2) is 4.98 Å². The first-order valence-corrected chi connectivity index (χ1v) is 7.96. The molecule has 0 unspecified atom stereocenters. The van der Waals surface area contributed by atoms with E-state index in [-0.39, 0.29) is 16.2 Å². The van der Waals surface area contributed by atoms with Crippen molar-refractivity contribution >= 4 is 29.1 Å². The summed E-state index contributed by atoms with van der Waals surface area (Å²) in [4.78, 5) is 17.8. The second-order valence-electron chi connectivity index (χ2n) is 5.18. The zero-order valence-corrected chi connectivity index (χ0v) is 14.6. The van der Waals surface area contributed by atoms with Crippen molar-refractivity contribution in [1.29, 1.82) is 0 Å². The van der Waals surface area contributed by atoms with Gasteiger partial charge < -0.3 is 9.64 Å². The van der Waals surface area contributed by atoms with Crippen LogP contribution in [0.15, 0.2) is 36.4 Å². The Balaban J connectivity index is 1.88. The van der Waals surface area contributed by atoms with Crippen LogP contribution in [0.2, 0.25) is 10.3 Å². The lowest BCUT2D eigenvalue weighted by atomic mass is 10.1. The second-order valence-corrected chi connectivity index (χ2v) is 5.95. The van der Waals surface area contributed by atoms with Gasteiger partial charge in [-0.3, -0.25) is 4.79 Å². The van der Waals surface area contributed by atoms with E-state index in [1.807, 2.05) is 24.3 Å². The molecule has 6 heteroatoms. The lowest BCUT2D eigenvalue weighted by molar-refractivity contribution is 0.0793. The van der Waals surface area contributed by atoms with Crippen LogP contribution in [0.3, 0.4) is 0 Å². The smallest absolute Gasteiger partial charge is 0.253 e. The zero-order chi connectivity index (χ0) is 16.8. The van der Waals surface area contributed by atoms with Crippen molar-refractivity contribution in [2.24, 2.45) is 0 Å². The number of carbonyl (C=O) groups is 1. The van der Waals surface area contributed by atoms with Crippen molar-refractivity contribution < 1.29 is 9.53 Å². The Morgan fingerprint density at radius 1 is 1.17 bits per heavy atom. The van der Waals surface area contributed by atoms with Crippen molar-refractivity contribution in [2.75, 3.05) is 20.7 Å². The number of carbonyl (C=O) groups excluding carboxylic acids is 1. The predicted molar refractivity (Wildman–Crippen MR) is 92.5 cm³/mol. The number of hydrogen-bond donors (Lipinski definition) is 0. The van der Waals surface area contributed by atoms with Gasteiger partial charge in [0.15, 0.2) is 0 Å². The molecule has 0 saturated carbocycles.